The van der Waals surface area contributed by atoms with Gasteiger partial charge in [0, 0.05) is 23.0 Å². The molecule has 0 saturated carbocycles. The number of hydrogen-bond acceptors (Lipinski definition) is 7. The minimum Gasteiger partial charge on any atom is -0.369 e. The number of morpholine rings is 1. The number of nitrogens with zero attached hydrogens (tertiary/aromatic N) is 3. The van der Waals surface area contributed by atoms with Gasteiger partial charge in [0.2, 0.25) is 10.3 Å². The molecule has 112 valence electrons. The number of urea groups is 1. The van der Waals surface area contributed by atoms with Crippen molar-refractivity contribution >= 4 is 45.8 Å². The zero-order chi connectivity index (χ0) is 14.7. The van der Waals surface area contributed by atoms with Crippen LogP contribution in [-0.4, -0.2) is 46.2 Å². The highest BCUT2D eigenvalue weighted by atomic mass is 32.2. The Morgan fingerprint density at radius 3 is 3.24 bits per heavy atom. The molecule has 0 aromatic carbocycles. The van der Waals surface area contributed by atoms with E-state index >= 15 is 0 Å². The van der Waals surface area contributed by atoms with Crippen molar-refractivity contribution in [2.24, 2.45) is 0 Å². The second kappa shape index (κ2) is 6.73. The Hall–Kier alpha value is -1.16. The second-order valence-electron chi connectivity index (χ2n) is 4.34. The fourth-order valence-electron chi connectivity index (χ4n) is 1.99. The van der Waals surface area contributed by atoms with Gasteiger partial charge in [-0.1, -0.05) is 17.8 Å². The van der Waals surface area contributed by atoms with Crippen LogP contribution in [0.4, 0.5) is 9.93 Å². The molecule has 9 heteroatoms. The maximum Gasteiger partial charge on any atom is 0.323 e. The zero-order valence-electron chi connectivity index (χ0n) is 11.3. The van der Waals surface area contributed by atoms with E-state index in [1.807, 2.05) is 23.8 Å². The molecule has 2 aromatic heterocycles. The highest BCUT2D eigenvalue weighted by molar-refractivity contribution is 7.98. The third-order valence-corrected chi connectivity index (χ3v) is 5.28. The van der Waals surface area contributed by atoms with E-state index < -0.39 is 0 Å². The fraction of sp³-hybridized carbons (Fsp3) is 0.417. The van der Waals surface area contributed by atoms with Gasteiger partial charge in [-0.2, -0.15) is 9.36 Å². The quantitative estimate of drug-likeness (QED) is 0.869. The van der Waals surface area contributed by atoms with E-state index in [1.165, 1.54) is 23.3 Å². The number of hydrogen-bond donors (Lipinski definition) is 1. The molecule has 3 rings (SSSR count). The van der Waals surface area contributed by atoms with Gasteiger partial charge in [-0.3, -0.25) is 5.32 Å². The van der Waals surface area contributed by atoms with Crippen molar-refractivity contribution in [1.29, 1.82) is 0 Å². The van der Waals surface area contributed by atoms with Crippen LogP contribution in [0.1, 0.15) is 11.0 Å². The summed E-state index contributed by atoms with van der Waals surface area (Å²) in [6.45, 7) is 1.69. The van der Waals surface area contributed by atoms with Crippen molar-refractivity contribution in [3.05, 3.63) is 22.4 Å². The Morgan fingerprint density at radius 1 is 1.62 bits per heavy atom. The number of anilines is 1. The van der Waals surface area contributed by atoms with Gasteiger partial charge in [-0.15, -0.1) is 11.3 Å². The first-order valence-electron chi connectivity index (χ1n) is 6.35. The maximum atomic E-state index is 12.3. The Labute approximate surface area is 134 Å². The van der Waals surface area contributed by atoms with Gasteiger partial charge in [-0.05, 0) is 17.7 Å². The fourth-order valence-corrected chi connectivity index (χ4v) is 3.88. The molecule has 1 saturated heterocycles. The molecule has 1 atom stereocenters. The molecule has 1 aliphatic rings. The van der Waals surface area contributed by atoms with Crippen molar-refractivity contribution < 1.29 is 9.53 Å². The molecule has 2 amide bonds. The summed E-state index contributed by atoms with van der Waals surface area (Å²) < 4.78 is 9.86. The summed E-state index contributed by atoms with van der Waals surface area (Å²) in [4.78, 5) is 19.4. The summed E-state index contributed by atoms with van der Waals surface area (Å²) in [5, 5.41) is 6.02. The predicted molar refractivity (Wildman–Crippen MR) is 85.3 cm³/mol. The molecule has 1 aliphatic heterocycles. The van der Waals surface area contributed by atoms with E-state index in [-0.39, 0.29) is 12.1 Å². The van der Waals surface area contributed by atoms with Crippen LogP contribution in [0, 0.1) is 0 Å². The van der Waals surface area contributed by atoms with Crippen LogP contribution in [-0.2, 0) is 4.74 Å². The van der Waals surface area contributed by atoms with Crippen LogP contribution in [0.2, 0.25) is 0 Å². The topological polar surface area (TPSA) is 67.4 Å². The lowest BCUT2D eigenvalue weighted by atomic mass is 10.2. The van der Waals surface area contributed by atoms with E-state index in [0.717, 1.165) is 4.88 Å². The van der Waals surface area contributed by atoms with E-state index in [0.29, 0.717) is 30.0 Å². The molecule has 1 fully saturated rings. The normalized spacial score (nSPS) is 18.7. The smallest absolute Gasteiger partial charge is 0.323 e. The van der Waals surface area contributed by atoms with Gasteiger partial charge in [0.05, 0.1) is 13.2 Å². The predicted octanol–water partition coefficient (Wildman–Crippen LogP) is 2.93. The highest BCUT2D eigenvalue weighted by Gasteiger charge is 2.26. The minimum atomic E-state index is -0.149. The lowest BCUT2D eigenvalue weighted by molar-refractivity contribution is -0.0115. The number of amides is 2. The molecule has 3 heterocycles. The number of carbonyl (C=O) groups excluding carboxylic acids is 1. The molecule has 1 N–H and O–H groups in total. The molecule has 0 aliphatic carbocycles. The Kier molecular flexibility index (Phi) is 4.73. The molecule has 21 heavy (non-hydrogen) atoms. The van der Waals surface area contributed by atoms with Crippen molar-refractivity contribution in [2.45, 2.75) is 11.3 Å². The first-order valence-corrected chi connectivity index (χ1v) is 9.22. The highest BCUT2D eigenvalue weighted by Crippen LogP contribution is 2.26. The first-order chi connectivity index (χ1) is 10.3. The van der Waals surface area contributed by atoms with Crippen LogP contribution >= 0.6 is 34.6 Å². The van der Waals surface area contributed by atoms with E-state index in [9.17, 15) is 4.79 Å². The van der Waals surface area contributed by atoms with E-state index in [1.54, 1.807) is 16.2 Å². The molecular formula is C12H14N4O2S3. The molecule has 0 spiro atoms. The van der Waals surface area contributed by atoms with E-state index in [4.69, 9.17) is 4.74 Å². The van der Waals surface area contributed by atoms with Gasteiger partial charge in [0.15, 0.2) is 0 Å². The van der Waals surface area contributed by atoms with Crippen molar-refractivity contribution in [2.75, 3.05) is 31.3 Å². The SMILES string of the molecule is CSc1nsc(NC(=O)N2CCO[C@@H](c3cccs3)C2)n1. The Balaban J connectivity index is 1.61. The summed E-state index contributed by atoms with van der Waals surface area (Å²) in [5.41, 5.74) is 0. The molecule has 0 bridgehead atoms. The van der Waals surface area contributed by atoms with Gasteiger partial charge in [0.25, 0.3) is 0 Å². The number of thioether (sulfide) groups is 1. The van der Waals surface area contributed by atoms with Gasteiger partial charge >= 0.3 is 6.03 Å². The standard InChI is InChI=1S/C12H14N4O2S3/c1-19-11-13-10(21-15-11)14-12(17)16-4-5-18-8(7-16)9-3-2-6-20-9/h2-3,6,8H,4-5,7H2,1H3,(H,13,14,15,17)/t8-/m1/s1. The average molecular weight is 342 g/mol. The monoisotopic (exact) mass is 342 g/mol. The third kappa shape index (κ3) is 3.54. The first kappa shape index (κ1) is 14.8. The number of carbonyl (C=O) groups is 1. The molecule has 0 radical (unpaired) electrons. The Morgan fingerprint density at radius 2 is 2.52 bits per heavy atom. The number of aromatic nitrogens is 2. The summed E-state index contributed by atoms with van der Waals surface area (Å²) in [7, 11) is 0. The number of ether oxygens (including phenoxy) is 1. The van der Waals surface area contributed by atoms with Crippen molar-refractivity contribution in [3.63, 3.8) is 0 Å². The third-order valence-electron chi connectivity index (χ3n) is 3.02. The summed E-state index contributed by atoms with van der Waals surface area (Å²) in [6.07, 6.45) is 1.86. The van der Waals surface area contributed by atoms with Crippen LogP contribution in [0.5, 0.6) is 0 Å². The van der Waals surface area contributed by atoms with Gasteiger partial charge in [-0.25, -0.2) is 4.79 Å². The summed E-state index contributed by atoms with van der Waals surface area (Å²) >= 11 is 4.30. The van der Waals surface area contributed by atoms with Crippen molar-refractivity contribution in [1.82, 2.24) is 14.3 Å². The molecular weight excluding hydrogens is 328 g/mol. The Bertz CT molecular complexity index is 601. The summed E-state index contributed by atoms with van der Waals surface area (Å²) in [5.74, 6) is 0. The number of thiophene rings is 1. The molecule has 2 aromatic rings. The minimum absolute atomic E-state index is 0.0410. The molecule has 6 nitrogen and oxygen atoms in total. The second-order valence-corrected chi connectivity index (χ2v) is 6.84. The molecule has 0 unspecified atom stereocenters. The van der Waals surface area contributed by atoms with Gasteiger partial charge in [0.1, 0.15) is 6.10 Å². The lowest BCUT2D eigenvalue weighted by Gasteiger charge is -2.32. The largest absolute Gasteiger partial charge is 0.369 e. The van der Waals surface area contributed by atoms with Crippen LogP contribution < -0.4 is 5.32 Å². The van der Waals surface area contributed by atoms with Crippen molar-refractivity contribution in [3.8, 4) is 0 Å². The summed E-state index contributed by atoms with van der Waals surface area (Å²) in [6, 6.07) is 3.88. The lowest BCUT2D eigenvalue weighted by Crippen LogP contribution is -2.44. The zero-order valence-corrected chi connectivity index (χ0v) is 13.8. The van der Waals surface area contributed by atoms with Crippen LogP contribution in [0.15, 0.2) is 22.7 Å². The van der Waals surface area contributed by atoms with Crippen LogP contribution in [0.25, 0.3) is 0 Å². The average Bonchev–Trinajstić information content (AvgIpc) is 3.18. The number of rotatable bonds is 3. The maximum absolute atomic E-state index is 12.3. The van der Waals surface area contributed by atoms with E-state index in [2.05, 4.69) is 14.7 Å². The van der Waals surface area contributed by atoms with Crippen LogP contribution in [0.3, 0.4) is 0 Å². The number of nitrogens with one attached hydrogen (secondary N) is 1. The van der Waals surface area contributed by atoms with Gasteiger partial charge < -0.3 is 9.64 Å².